The van der Waals surface area contributed by atoms with Crippen molar-refractivity contribution in [1.82, 2.24) is 10.2 Å². The van der Waals surface area contributed by atoms with Crippen molar-refractivity contribution in [3.8, 4) is 0 Å². The molecule has 1 atom stereocenters. The van der Waals surface area contributed by atoms with Gasteiger partial charge in [0.05, 0.1) is 19.4 Å². The highest BCUT2D eigenvalue weighted by Crippen LogP contribution is 2.25. The normalized spacial score (nSPS) is 15.7. The summed E-state index contributed by atoms with van der Waals surface area (Å²) in [5.41, 5.74) is 1.48. The number of amides is 2. The maximum absolute atomic E-state index is 12.9. The van der Waals surface area contributed by atoms with Crippen LogP contribution in [0.1, 0.15) is 13.3 Å². The van der Waals surface area contributed by atoms with Gasteiger partial charge in [-0.1, -0.05) is 36.4 Å². The van der Waals surface area contributed by atoms with Crippen LogP contribution in [0.25, 0.3) is 0 Å². The van der Waals surface area contributed by atoms with Crippen molar-refractivity contribution in [3.63, 3.8) is 0 Å². The third kappa shape index (κ3) is 5.15. The summed E-state index contributed by atoms with van der Waals surface area (Å²) in [7, 11) is 0. The maximum atomic E-state index is 12.9. The predicted octanol–water partition coefficient (Wildman–Crippen LogP) is 2.54. The van der Waals surface area contributed by atoms with Crippen LogP contribution in [0.4, 0.5) is 11.4 Å². The minimum Gasteiger partial charge on any atom is -0.379 e. The Kier molecular flexibility index (Phi) is 6.57. The van der Waals surface area contributed by atoms with Crippen LogP contribution in [-0.4, -0.2) is 49.2 Å². The zero-order valence-corrected chi connectivity index (χ0v) is 15.5. The van der Waals surface area contributed by atoms with Gasteiger partial charge in [-0.3, -0.25) is 19.4 Å². The van der Waals surface area contributed by atoms with E-state index in [1.165, 1.54) is 0 Å². The van der Waals surface area contributed by atoms with Gasteiger partial charge in [0, 0.05) is 24.5 Å². The van der Waals surface area contributed by atoms with Gasteiger partial charge in [0.25, 0.3) is 0 Å². The number of para-hydroxylation sites is 2. The molecule has 0 spiro atoms. The summed E-state index contributed by atoms with van der Waals surface area (Å²) in [4.78, 5) is 29.1. The molecule has 0 radical (unpaired) electrons. The van der Waals surface area contributed by atoms with Crippen LogP contribution in [0.15, 0.2) is 60.7 Å². The van der Waals surface area contributed by atoms with Gasteiger partial charge in [-0.15, -0.1) is 0 Å². The predicted molar refractivity (Wildman–Crippen MR) is 105 cm³/mol. The van der Waals surface area contributed by atoms with E-state index in [-0.39, 0.29) is 24.4 Å². The van der Waals surface area contributed by atoms with Crippen molar-refractivity contribution in [1.29, 1.82) is 0 Å². The van der Waals surface area contributed by atoms with E-state index in [2.05, 4.69) is 10.2 Å². The molecule has 1 unspecified atom stereocenters. The van der Waals surface area contributed by atoms with Gasteiger partial charge in [0.15, 0.2) is 0 Å². The molecular formula is C21H25N3O3. The van der Waals surface area contributed by atoms with Gasteiger partial charge in [-0.25, -0.2) is 0 Å². The Morgan fingerprint density at radius 2 is 1.52 bits per heavy atom. The van der Waals surface area contributed by atoms with Crippen molar-refractivity contribution in [2.45, 2.75) is 19.5 Å². The van der Waals surface area contributed by atoms with Crippen molar-refractivity contribution in [3.05, 3.63) is 60.7 Å². The number of anilines is 2. The number of carbonyl (C=O) groups is 2. The molecule has 1 aliphatic rings. The second-order valence-corrected chi connectivity index (χ2v) is 6.47. The first kappa shape index (κ1) is 19.1. The van der Waals surface area contributed by atoms with Crippen LogP contribution in [0.3, 0.4) is 0 Å². The highest BCUT2D eigenvalue weighted by molar-refractivity contribution is 6.09. The lowest BCUT2D eigenvalue weighted by molar-refractivity contribution is -0.129. The number of benzene rings is 2. The fraction of sp³-hybridized carbons (Fsp3) is 0.333. The van der Waals surface area contributed by atoms with Gasteiger partial charge < -0.3 is 10.1 Å². The first-order valence-electron chi connectivity index (χ1n) is 9.19. The van der Waals surface area contributed by atoms with Crippen molar-refractivity contribution in [2.24, 2.45) is 0 Å². The van der Waals surface area contributed by atoms with Crippen LogP contribution in [0.5, 0.6) is 0 Å². The van der Waals surface area contributed by atoms with Gasteiger partial charge >= 0.3 is 0 Å². The number of hydrogen-bond acceptors (Lipinski definition) is 4. The maximum Gasteiger partial charge on any atom is 0.240 e. The summed E-state index contributed by atoms with van der Waals surface area (Å²) in [6.07, 6.45) is -0.338. The van der Waals surface area contributed by atoms with E-state index >= 15 is 0 Å². The molecule has 6 nitrogen and oxygen atoms in total. The van der Waals surface area contributed by atoms with Crippen LogP contribution in [0.2, 0.25) is 0 Å². The Hall–Kier alpha value is -2.70. The lowest BCUT2D eigenvalue weighted by Crippen LogP contribution is -2.51. The van der Waals surface area contributed by atoms with Gasteiger partial charge in [0.1, 0.15) is 6.42 Å². The highest BCUT2D eigenvalue weighted by atomic mass is 16.5. The molecule has 0 saturated carbocycles. The summed E-state index contributed by atoms with van der Waals surface area (Å²) >= 11 is 0. The van der Waals surface area contributed by atoms with Crippen LogP contribution in [0, 0.1) is 0 Å². The molecule has 2 amide bonds. The Morgan fingerprint density at radius 1 is 1.00 bits per heavy atom. The summed E-state index contributed by atoms with van der Waals surface area (Å²) in [6.45, 7) is 4.80. The molecule has 1 N–H and O–H groups in total. The van der Waals surface area contributed by atoms with E-state index in [1.54, 1.807) is 4.90 Å². The number of morpholine rings is 1. The molecule has 1 saturated heterocycles. The fourth-order valence-electron chi connectivity index (χ4n) is 3.15. The first-order chi connectivity index (χ1) is 13.1. The van der Waals surface area contributed by atoms with E-state index < -0.39 is 0 Å². The average Bonchev–Trinajstić information content (AvgIpc) is 2.70. The van der Waals surface area contributed by atoms with Gasteiger partial charge in [0.2, 0.25) is 11.8 Å². The largest absolute Gasteiger partial charge is 0.379 e. The molecule has 1 fully saturated rings. The third-order valence-electron chi connectivity index (χ3n) is 4.55. The average molecular weight is 367 g/mol. The number of hydrogen-bond donors (Lipinski definition) is 1. The van der Waals surface area contributed by atoms with Gasteiger partial charge in [-0.2, -0.15) is 0 Å². The molecule has 6 heteroatoms. The topological polar surface area (TPSA) is 61.9 Å². The Labute approximate surface area is 159 Å². The van der Waals surface area contributed by atoms with E-state index in [1.807, 2.05) is 67.6 Å². The van der Waals surface area contributed by atoms with Crippen molar-refractivity contribution < 1.29 is 14.3 Å². The van der Waals surface area contributed by atoms with E-state index in [9.17, 15) is 9.59 Å². The number of nitrogens with one attached hydrogen (secondary N) is 1. The molecule has 1 aliphatic heterocycles. The quantitative estimate of drug-likeness (QED) is 0.797. The number of nitrogens with zero attached hydrogens (tertiary/aromatic N) is 2. The molecule has 27 heavy (non-hydrogen) atoms. The van der Waals surface area contributed by atoms with Crippen LogP contribution >= 0.6 is 0 Å². The molecular weight excluding hydrogens is 342 g/mol. The van der Waals surface area contributed by atoms with E-state index in [0.717, 1.165) is 24.5 Å². The molecule has 1 heterocycles. The molecule has 0 aromatic heterocycles. The number of ether oxygens (including phenoxy) is 1. The highest BCUT2D eigenvalue weighted by Gasteiger charge is 2.23. The third-order valence-corrected chi connectivity index (χ3v) is 4.55. The van der Waals surface area contributed by atoms with Crippen molar-refractivity contribution >= 4 is 23.2 Å². The standard InChI is InChI=1S/C21H25N3O3/c1-17(23-12-14-27-15-13-23)22-20(25)16-21(26)24(18-8-4-2-5-9-18)19-10-6-3-7-11-19/h2-11,17H,12-16H2,1H3,(H,22,25). The molecule has 2 aromatic carbocycles. The summed E-state index contributed by atoms with van der Waals surface area (Å²) < 4.78 is 5.33. The smallest absolute Gasteiger partial charge is 0.240 e. The lowest BCUT2D eigenvalue weighted by Gasteiger charge is -2.32. The number of rotatable bonds is 6. The Morgan fingerprint density at radius 3 is 2.04 bits per heavy atom. The summed E-state index contributed by atoms with van der Waals surface area (Å²) in [5.74, 6) is -0.546. The minimum atomic E-state index is -0.282. The molecule has 3 rings (SSSR count). The zero-order chi connectivity index (χ0) is 19.1. The Balaban J connectivity index is 1.68. The second-order valence-electron chi connectivity index (χ2n) is 6.47. The number of carbonyl (C=O) groups excluding carboxylic acids is 2. The first-order valence-corrected chi connectivity index (χ1v) is 9.19. The van der Waals surface area contributed by atoms with Gasteiger partial charge in [-0.05, 0) is 31.2 Å². The minimum absolute atomic E-state index is 0.129. The Bertz CT molecular complexity index is 706. The monoisotopic (exact) mass is 367 g/mol. The van der Waals surface area contributed by atoms with E-state index in [4.69, 9.17) is 4.74 Å². The SMILES string of the molecule is CC(NC(=O)CC(=O)N(c1ccccc1)c1ccccc1)N1CCOCC1. The second kappa shape index (κ2) is 9.30. The summed E-state index contributed by atoms with van der Waals surface area (Å²) in [6, 6.07) is 18.7. The molecule has 0 aliphatic carbocycles. The molecule has 2 aromatic rings. The van der Waals surface area contributed by atoms with Crippen LogP contribution in [-0.2, 0) is 14.3 Å². The van der Waals surface area contributed by atoms with Crippen LogP contribution < -0.4 is 10.2 Å². The molecule has 0 bridgehead atoms. The van der Waals surface area contributed by atoms with E-state index in [0.29, 0.717) is 13.2 Å². The van der Waals surface area contributed by atoms with Crippen molar-refractivity contribution in [2.75, 3.05) is 31.2 Å². The fourth-order valence-corrected chi connectivity index (χ4v) is 3.15. The lowest BCUT2D eigenvalue weighted by atomic mass is 10.2. The summed E-state index contributed by atoms with van der Waals surface area (Å²) in [5, 5.41) is 2.92. The zero-order valence-electron chi connectivity index (χ0n) is 15.5. The molecule has 142 valence electrons.